The van der Waals surface area contributed by atoms with Crippen LogP contribution in [-0.4, -0.2) is 23.3 Å². The molecule has 1 unspecified atom stereocenters. The first-order valence-electron chi connectivity index (χ1n) is 8.08. The molecule has 0 bridgehead atoms. The Bertz CT molecular complexity index is 459. The summed E-state index contributed by atoms with van der Waals surface area (Å²) in [7, 11) is 1.74. The number of nitrogens with zero attached hydrogens (tertiary/aromatic N) is 2. The van der Waals surface area contributed by atoms with Crippen molar-refractivity contribution in [3.8, 4) is 0 Å². The molecular formula is C16H27N3O. The molecule has 4 nitrogen and oxygen atoms in total. The number of aromatic nitrogens is 2. The third-order valence-electron chi connectivity index (χ3n) is 4.77. The van der Waals surface area contributed by atoms with Crippen molar-refractivity contribution < 1.29 is 4.74 Å². The molecule has 2 N–H and O–H groups in total. The number of nitrogen functional groups attached to an aromatic ring is 1. The maximum absolute atomic E-state index is 6.43. The van der Waals surface area contributed by atoms with Crippen molar-refractivity contribution in [2.45, 2.75) is 69.7 Å². The van der Waals surface area contributed by atoms with Gasteiger partial charge in [-0.15, -0.1) is 0 Å². The van der Waals surface area contributed by atoms with Gasteiger partial charge < -0.3 is 15.0 Å². The fourth-order valence-corrected chi connectivity index (χ4v) is 3.54. The molecule has 3 rings (SSSR count). The number of nitrogens with two attached hydrogens (primary N) is 1. The van der Waals surface area contributed by atoms with Crippen molar-refractivity contribution in [1.82, 2.24) is 9.55 Å². The molecule has 2 aliphatic carbocycles. The Morgan fingerprint density at radius 3 is 2.55 bits per heavy atom. The van der Waals surface area contributed by atoms with Crippen LogP contribution in [0.15, 0.2) is 0 Å². The number of hydrogen-bond donors (Lipinski definition) is 1. The molecule has 0 amide bonds. The average molecular weight is 277 g/mol. The van der Waals surface area contributed by atoms with Gasteiger partial charge in [0, 0.05) is 25.0 Å². The van der Waals surface area contributed by atoms with E-state index in [4.69, 9.17) is 15.5 Å². The predicted molar refractivity (Wildman–Crippen MR) is 81.0 cm³/mol. The zero-order valence-electron chi connectivity index (χ0n) is 12.8. The largest absolute Gasteiger partial charge is 0.384 e. The second kappa shape index (κ2) is 5.76. The summed E-state index contributed by atoms with van der Waals surface area (Å²) in [6.45, 7) is 2.85. The molecule has 0 aromatic carbocycles. The Kier molecular flexibility index (Phi) is 4.01. The molecule has 1 heterocycles. The minimum Gasteiger partial charge on any atom is -0.384 e. The summed E-state index contributed by atoms with van der Waals surface area (Å²) in [5.74, 6) is 3.07. The van der Waals surface area contributed by atoms with Gasteiger partial charge in [-0.05, 0) is 25.7 Å². The molecule has 1 atom stereocenters. The number of rotatable bonds is 5. The van der Waals surface area contributed by atoms with Crippen LogP contribution in [0.1, 0.15) is 81.3 Å². The summed E-state index contributed by atoms with van der Waals surface area (Å²) in [5, 5.41) is 0. The SMILES string of the molecule is COCC(C)c1nc(C2CCCCC2)n(C2CC2)c1N. The maximum atomic E-state index is 6.43. The first-order valence-corrected chi connectivity index (χ1v) is 8.08. The molecule has 2 aliphatic rings. The van der Waals surface area contributed by atoms with E-state index in [2.05, 4.69) is 11.5 Å². The van der Waals surface area contributed by atoms with Gasteiger partial charge in [-0.2, -0.15) is 0 Å². The van der Waals surface area contributed by atoms with E-state index in [1.165, 1.54) is 50.8 Å². The molecule has 20 heavy (non-hydrogen) atoms. The van der Waals surface area contributed by atoms with Gasteiger partial charge in [-0.1, -0.05) is 26.2 Å². The monoisotopic (exact) mass is 277 g/mol. The highest BCUT2D eigenvalue weighted by Crippen LogP contribution is 2.44. The van der Waals surface area contributed by atoms with Crippen LogP contribution in [0.25, 0.3) is 0 Å². The van der Waals surface area contributed by atoms with Crippen LogP contribution in [0.4, 0.5) is 5.82 Å². The first-order chi connectivity index (χ1) is 9.72. The highest BCUT2D eigenvalue weighted by atomic mass is 16.5. The standard InChI is InChI=1S/C16H27N3O/c1-11(10-20-2)14-15(17)19(13-8-9-13)16(18-14)12-6-4-3-5-7-12/h11-13H,3-10,17H2,1-2H3. The third-order valence-corrected chi connectivity index (χ3v) is 4.77. The van der Waals surface area contributed by atoms with E-state index in [9.17, 15) is 0 Å². The first kappa shape index (κ1) is 13.9. The number of anilines is 1. The molecule has 0 saturated heterocycles. The summed E-state index contributed by atoms with van der Waals surface area (Å²) in [6.07, 6.45) is 9.14. The number of hydrogen-bond acceptors (Lipinski definition) is 3. The Labute approximate surface area is 121 Å². The van der Waals surface area contributed by atoms with Crippen molar-refractivity contribution >= 4 is 5.82 Å². The smallest absolute Gasteiger partial charge is 0.127 e. The highest BCUT2D eigenvalue weighted by Gasteiger charge is 2.33. The molecule has 0 aliphatic heterocycles. The topological polar surface area (TPSA) is 53.1 Å². The van der Waals surface area contributed by atoms with Crippen LogP contribution in [0, 0.1) is 0 Å². The van der Waals surface area contributed by atoms with Crippen LogP contribution in [0.2, 0.25) is 0 Å². The minimum absolute atomic E-state index is 0.280. The maximum Gasteiger partial charge on any atom is 0.127 e. The summed E-state index contributed by atoms with van der Waals surface area (Å²) in [4.78, 5) is 4.97. The Balaban J connectivity index is 1.92. The normalized spacial score (nSPS) is 22.1. The molecule has 2 saturated carbocycles. The van der Waals surface area contributed by atoms with E-state index in [0.29, 0.717) is 18.6 Å². The Morgan fingerprint density at radius 2 is 1.95 bits per heavy atom. The van der Waals surface area contributed by atoms with Crippen molar-refractivity contribution in [1.29, 1.82) is 0 Å². The van der Waals surface area contributed by atoms with E-state index >= 15 is 0 Å². The van der Waals surface area contributed by atoms with Gasteiger partial charge in [0.15, 0.2) is 0 Å². The molecule has 0 spiro atoms. The van der Waals surface area contributed by atoms with Gasteiger partial charge in [-0.3, -0.25) is 0 Å². The number of ether oxygens (including phenoxy) is 1. The molecule has 112 valence electrons. The van der Waals surface area contributed by atoms with Crippen molar-refractivity contribution in [2.75, 3.05) is 19.5 Å². The van der Waals surface area contributed by atoms with Gasteiger partial charge in [0.1, 0.15) is 11.6 Å². The second-order valence-electron chi connectivity index (χ2n) is 6.53. The van der Waals surface area contributed by atoms with Gasteiger partial charge in [-0.25, -0.2) is 4.98 Å². The lowest BCUT2D eigenvalue weighted by Gasteiger charge is -2.22. The van der Waals surface area contributed by atoms with Crippen molar-refractivity contribution in [3.63, 3.8) is 0 Å². The van der Waals surface area contributed by atoms with Crippen LogP contribution in [0.3, 0.4) is 0 Å². The molecule has 0 radical (unpaired) electrons. The molecule has 1 aromatic heterocycles. The minimum atomic E-state index is 0.280. The van der Waals surface area contributed by atoms with E-state index in [1.807, 2.05) is 0 Å². The third kappa shape index (κ3) is 2.58. The van der Waals surface area contributed by atoms with Gasteiger partial charge >= 0.3 is 0 Å². The summed E-state index contributed by atoms with van der Waals surface area (Å²) < 4.78 is 7.64. The van der Waals surface area contributed by atoms with Crippen LogP contribution < -0.4 is 5.73 Å². The lowest BCUT2D eigenvalue weighted by atomic mass is 9.88. The predicted octanol–water partition coefficient (Wildman–Crippen LogP) is 3.60. The molecule has 4 heteroatoms. The summed E-state index contributed by atoms with van der Waals surface area (Å²) in [5.41, 5.74) is 7.48. The van der Waals surface area contributed by atoms with Crippen LogP contribution in [-0.2, 0) is 4.74 Å². The molecule has 1 aromatic rings. The van der Waals surface area contributed by atoms with E-state index in [1.54, 1.807) is 7.11 Å². The van der Waals surface area contributed by atoms with E-state index in [-0.39, 0.29) is 5.92 Å². The summed E-state index contributed by atoms with van der Waals surface area (Å²) in [6, 6.07) is 0.614. The quantitative estimate of drug-likeness (QED) is 0.894. The average Bonchev–Trinajstić information content (AvgIpc) is 3.23. The lowest BCUT2D eigenvalue weighted by molar-refractivity contribution is 0.183. The van der Waals surface area contributed by atoms with E-state index in [0.717, 1.165) is 11.5 Å². The van der Waals surface area contributed by atoms with Gasteiger partial charge in [0.05, 0.1) is 12.3 Å². The summed E-state index contributed by atoms with van der Waals surface area (Å²) >= 11 is 0. The van der Waals surface area contributed by atoms with Crippen LogP contribution in [0.5, 0.6) is 0 Å². The van der Waals surface area contributed by atoms with Crippen LogP contribution >= 0.6 is 0 Å². The fraction of sp³-hybridized carbons (Fsp3) is 0.812. The second-order valence-corrected chi connectivity index (χ2v) is 6.53. The lowest BCUT2D eigenvalue weighted by Crippen LogP contribution is -2.12. The molecular weight excluding hydrogens is 250 g/mol. The van der Waals surface area contributed by atoms with Crippen molar-refractivity contribution in [3.05, 3.63) is 11.5 Å². The van der Waals surface area contributed by atoms with Gasteiger partial charge in [0.2, 0.25) is 0 Å². The van der Waals surface area contributed by atoms with Gasteiger partial charge in [0.25, 0.3) is 0 Å². The zero-order chi connectivity index (χ0) is 14.1. The number of methoxy groups -OCH3 is 1. The Hall–Kier alpha value is -1.03. The fourth-order valence-electron chi connectivity index (χ4n) is 3.54. The molecule has 2 fully saturated rings. The van der Waals surface area contributed by atoms with E-state index < -0.39 is 0 Å². The number of imidazole rings is 1. The Morgan fingerprint density at radius 1 is 1.25 bits per heavy atom. The van der Waals surface area contributed by atoms with Crippen molar-refractivity contribution in [2.24, 2.45) is 0 Å². The zero-order valence-corrected chi connectivity index (χ0v) is 12.8. The highest BCUT2D eigenvalue weighted by molar-refractivity contribution is 5.42.